The van der Waals surface area contributed by atoms with Gasteiger partial charge in [-0.05, 0) is 36.2 Å². The summed E-state index contributed by atoms with van der Waals surface area (Å²) in [6.07, 6.45) is 0.740. The number of carbonyl (C=O) groups excluding carboxylic acids is 2. The predicted molar refractivity (Wildman–Crippen MR) is 96.9 cm³/mol. The van der Waals surface area contributed by atoms with Crippen LogP contribution in [-0.2, 0) is 4.79 Å². The molecule has 0 bridgehead atoms. The highest BCUT2D eigenvalue weighted by Crippen LogP contribution is 2.23. The molecule has 0 spiro atoms. The molecule has 2 amide bonds. The quantitative estimate of drug-likeness (QED) is 0.914. The molecular formula is C20H22FN3O2. The summed E-state index contributed by atoms with van der Waals surface area (Å²) < 4.78 is 13.2. The molecule has 0 aromatic heterocycles. The molecule has 1 saturated heterocycles. The van der Waals surface area contributed by atoms with Crippen LogP contribution >= 0.6 is 0 Å². The van der Waals surface area contributed by atoms with Crippen LogP contribution in [0.2, 0.25) is 0 Å². The predicted octanol–water partition coefficient (Wildman–Crippen LogP) is 2.20. The molecule has 1 fully saturated rings. The topological polar surface area (TPSA) is 66.6 Å². The molecule has 5 nitrogen and oxygen atoms in total. The maximum atomic E-state index is 13.2. The summed E-state index contributed by atoms with van der Waals surface area (Å²) in [6.45, 7) is 2.31. The second kappa shape index (κ2) is 8.10. The van der Waals surface area contributed by atoms with Crippen molar-refractivity contribution < 1.29 is 14.0 Å². The number of amides is 2. The number of nitrogens with zero attached hydrogens (tertiary/aromatic N) is 2. The number of nitrogens with two attached hydrogens (primary N) is 1. The first-order valence-electron chi connectivity index (χ1n) is 8.69. The third kappa shape index (κ3) is 4.08. The fourth-order valence-electron chi connectivity index (χ4n) is 3.36. The van der Waals surface area contributed by atoms with Crippen molar-refractivity contribution in [3.05, 3.63) is 71.5 Å². The molecular weight excluding hydrogens is 333 g/mol. The third-order valence-electron chi connectivity index (χ3n) is 4.66. The zero-order chi connectivity index (χ0) is 18.5. The summed E-state index contributed by atoms with van der Waals surface area (Å²) in [7, 11) is 0. The maximum Gasteiger partial charge on any atom is 0.253 e. The average molecular weight is 355 g/mol. The number of rotatable bonds is 4. The second-order valence-corrected chi connectivity index (χ2v) is 6.40. The Kier molecular flexibility index (Phi) is 5.63. The van der Waals surface area contributed by atoms with Gasteiger partial charge in [0, 0.05) is 31.7 Å². The lowest BCUT2D eigenvalue weighted by atomic mass is 10.0. The van der Waals surface area contributed by atoms with Crippen molar-refractivity contribution in [3.63, 3.8) is 0 Å². The highest BCUT2D eigenvalue weighted by Gasteiger charge is 2.29. The SMILES string of the molecule is NC(=O)[C@H](c1ccc(F)cc1)N1CCCN(C(=O)c2ccccc2)CC1. The van der Waals surface area contributed by atoms with E-state index in [1.165, 1.54) is 12.1 Å². The number of benzene rings is 2. The first kappa shape index (κ1) is 18.1. The van der Waals surface area contributed by atoms with E-state index in [2.05, 4.69) is 0 Å². The van der Waals surface area contributed by atoms with Gasteiger partial charge in [-0.25, -0.2) is 4.39 Å². The van der Waals surface area contributed by atoms with Crippen LogP contribution in [0.15, 0.2) is 54.6 Å². The van der Waals surface area contributed by atoms with Crippen LogP contribution in [0.4, 0.5) is 4.39 Å². The zero-order valence-electron chi connectivity index (χ0n) is 14.5. The third-order valence-corrected chi connectivity index (χ3v) is 4.66. The van der Waals surface area contributed by atoms with Gasteiger partial charge in [-0.1, -0.05) is 30.3 Å². The lowest BCUT2D eigenvalue weighted by molar-refractivity contribution is -0.123. The second-order valence-electron chi connectivity index (χ2n) is 6.40. The van der Waals surface area contributed by atoms with Crippen LogP contribution in [-0.4, -0.2) is 47.8 Å². The van der Waals surface area contributed by atoms with Crippen LogP contribution in [0.5, 0.6) is 0 Å². The van der Waals surface area contributed by atoms with E-state index in [9.17, 15) is 14.0 Å². The number of carbonyl (C=O) groups is 2. The van der Waals surface area contributed by atoms with Gasteiger partial charge in [0.2, 0.25) is 5.91 Å². The molecule has 1 aliphatic heterocycles. The Hall–Kier alpha value is -2.73. The smallest absolute Gasteiger partial charge is 0.253 e. The van der Waals surface area contributed by atoms with E-state index >= 15 is 0 Å². The van der Waals surface area contributed by atoms with Crippen molar-refractivity contribution >= 4 is 11.8 Å². The van der Waals surface area contributed by atoms with Crippen LogP contribution < -0.4 is 5.73 Å². The minimum Gasteiger partial charge on any atom is -0.368 e. The summed E-state index contributed by atoms with van der Waals surface area (Å²) >= 11 is 0. The Morgan fingerprint density at radius 1 is 0.923 bits per heavy atom. The number of halogens is 1. The van der Waals surface area contributed by atoms with E-state index in [-0.39, 0.29) is 11.7 Å². The van der Waals surface area contributed by atoms with Gasteiger partial charge in [0.05, 0.1) is 0 Å². The Labute approximate surface area is 152 Å². The standard InChI is InChI=1S/C20H22FN3O2/c21-17-9-7-15(8-10-17)18(19(22)25)23-11-4-12-24(14-13-23)20(26)16-5-2-1-3-6-16/h1-3,5-10,18H,4,11-14H2,(H2,22,25)/t18-/m0/s1. The van der Waals surface area contributed by atoms with Gasteiger partial charge < -0.3 is 10.6 Å². The summed E-state index contributed by atoms with van der Waals surface area (Å²) in [5, 5.41) is 0. The van der Waals surface area contributed by atoms with E-state index in [1.807, 2.05) is 23.1 Å². The van der Waals surface area contributed by atoms with Crippen LogP contribution in [0, 0.1) is 5.82 Å². The Morgan fingerprint density at radius 3 is 2.27 bits per heavy atom. The fraction of sp³-hybridized carbons (Fsp3) is 0.300. The van der Waals surface area contributed by atoms with E-state index in [4.69, 9.17) is 5.73 Å². The van der Waals surface area contributed by atoms with E-state index in [0.29, 0.717) is 37.3 Å². The van der Waals surface area contributed by atoms with Gasteiger partial charge in [0.25, 0.3) is 5.91 Å². The molecule has 6 heteroatoms. The molecule has 3 rings (SSSR count). The van der Waals surface area contributed by atoms with Gasteiger partial charge in [-0.2, -0.15) is 0 Å². The molecule has 2 aromatic rings. The molecule has 0 saturated carbocycles. The normalized spacial score (nSPS) is 16.7. The van der Waals surface area contributed by atoms with Crippen molar-refractivity contribution in [2.24, 2.45) is 5.73 Å². The summed E-state index contributed by atoms with van der Waals surface area (Å²) in [5.74, 6) is -0.836. The van der Waals surface area contributed by atoms with E-state index in [1.54, 1.807) is 29.2 Å². The highest BCUT2D eigenvalue weighted by atomic mass is 19.1. The van der Waals surface area contributed by atoms with Gasteiger partial charge in [-0.3, -0.25) is 14.5 Å². The minimum atomic E-state index is -0.623. The largest absolute Gasteiger partial charge is 0.368 e. The monoisotopic (exact) mass is 355 g/mol. The molecule has 1 atom stereocenters. The lowest BCUT2D eigenvalue weighted by Crippen LogP contribution is -2.40. The molecule has 2 N–H and O–H groups in total. The minimum absolute atomic E-state index is 0.00939. The van der Waals surface area contributed by atoms with Crippen molar-refractivity contribution in [1.82, 2.24) is 9.80 Å². The van der Waals surface area contributed by atoms with Crippen LogP contribution in [0.3, 0.4) is 0 Å². The van der Waals surface area contributed by atoms with Crippen molar-refractivity contribution in [2.75, 3.05) is 26.2 Å². The number of hydrogen-bond donors (Lipinski definition) is 1. The van der Waals surface area contributed by atoms with E-state index < -0.39 is 11.9 Å². The zero-order valence-corrected chi connectivity index (χ0v) is 14.5. The van der Waals surface area contributed by atoms with Crippen molar-refractivity contribution in [3.8, 4) is 0 Å². The van der Waals surface area contributed by atoms with Crippen LogP contribution in [0.1, 0.15) is 28.4 Å². The molecule has 26 heavy (non-hydrogen) atoms. The highest BCUT2D eigenvalue weighted by molar-refractivity contribution is 5.94. The molecule has 0 aliphatic carbocycles. The number of hydrogen-bond acceptors (Lipinski definition) is 3. The molecule has 0 radical (unpaired) electrons. The summed E-state index contributed by atoms with van der Waals surface area (Å²) in [4.78, 5) is 28.5. The Balaban J connectivity index is 1.73. The molecule has 1 heterocycles. The lowest BCUT2D eigenvalue weighted by Gasteiger charge is -2.28. The molecule has 136 valence electrons. The van der Waals surface area contributed by atoms with Gasteiger partial charge in [0.15, 0.2) is 0 Å². The van der Waals surface area contributed by atoms with E-state index in [0.717, 1.165) is 6.42 Å². The first-order valence-corrected chi connectivity index (χ1v) is 8.69. The van der Waals surface area contributed by atoms with Crippen molar-refractivity contribution in [1.29, 1.82) is 0 Å². The van der Waals surface area contributed by atoms with Crippen LogP contribution in [0.25, 0.3) is 0 Å². The first-order chi connectivity index (χ1) is 12.6. The molecule has 0 unspecified atom stereocenters. The molecule has 2 aromatic carbocycles. The van der Waals surface area contributed by atoms with Gasteiger partial charge >= 0.3 is 0 Å². The Morgan fingerprint density at radius 2 is 1.62 bits per heavy atom. The Bertz CT molecular complexity index is 764. The van der Waals surface area contributed by atoms with Gasteiger partial charge in [0.1, 0.15) is 11.9 Å². The summed E-state index contributed by atoms with van der Waals surface area (Å²) in [5.41, 5.74) is 6.95. The fourth-order valence-corrected chi connectivity index (χ4v) is 3.36. The number of primary amides is 1. The van der Waals surface area contributed by atoms with Gasteiger partial charge in [-0.15, -0.1) is 0 Å². The average Bonchev–Trinajstić information content (AvgIpc) is 2.89. The molecule has 1 aliphatic rings. The summed E-state index contributed by atoms with van der Waals surface area (Å²) in [6, 6.07) is 14.4. The maximum absolute atomic E-state index is 13.2. The van der Waals surface area contributed by atoms with Crippen molar-refractivity contribution in [2.45, 2.75) is 12.5 Å².